The maximum Gasteiger partial charge on any atom is 0.209 e. The Balaban J connectivity index is 1.87. The van der Waals surface area contributed by atoms with Gasteiger partial charge in [0.25, 0.3) is 0 Å². The highest BCUT2D eigenvalue weighted by molar-refractivity contribution is 5.46. The molecule has 3 aliphatic rings. The van der Waals surface area contributed by atoms with E-state index in [1.54, 1.807) is 0 Å². The van der Waals surface area contributed by atoms with E-state index in [0.717, 1.165) is 4.48 Å². The Labute approximate surface area is 89.2 Å². The largest absolute Gasteiger partial charge is 0.242 e. The summed E-state index contributed by atoms with van der Waals surface area (Å²) in [5, 5.41) is 0. The van der Waals surface area contributed by atoms with Crippen LogP contribution in [0.1, 0.15) is 5.56 Å². The average Bonchev–Trinajstić information content (AvgIpc) is 2.77. The van der Waals surface area contributed by atoms with Gasteiger partial charge in [-0.05, 0) is 12.2 Å². The van der Waals surface area contributed by atoms with E-state index in [4.69, 9.17) is 0 Å². The molecule has 0 saturated carbocycles. The van der Waals surface area contributed by atoms with Crippen LogP contribution in [0.15, 0.2) is 66.5 Å². The van der Waals surface area contributed by atoms with Crippen molar-refractivity contribution in [1.82, 2.24) is 0 Å². The minimum absolute atomic E-state index is 0.290. The molecule has 15 heavy (non-hydrogen) atoms. The zero-order valence-corrected chi connectivity index (χ0v) is 8.43. The van der Waals surface area contributed by atoms with Crippen LogP contribution in [0.3, 0.4) is 0 Å². The molecule has 4 rings (SSSR count). The van der Waals surface area contributed by atoms with Crippen LogP contribution >= 0.6 is 0 Å². The first-order chi connectivity index (χ1) is 7.37. The molecule has 2 atom stereocenters. The quantitative estimate of drug-likeness (QED) is 0.476. The van der Waals surface area contributed by atoms with E-state index in [0.29, 0.717) is 0 Å². The smallest absolute Gasteiger partial charge is 0.209 e. The molecule has 0 bridgehead atoms. The van der Waals surface area contributed by atoms with Crippen molar-refractivity contribution >= 4 is 0 Å². The molecule has 1 nitrogen and oxygen atoms in total. The highest BCUT2D eigenvalue weighted by atomic mass is 15.6. The molecule has 0 amide bonds. The standard InChI is InChI=1S/C14H12N/c1-2-6-12(7-3-1)14-10-13-8-4-5-9-15(13,14)11-14/h1-10H,11H2/q+1. The van der Waals surface area contributed by atoms with Gasteiger partial charge in [-0.3, -0.25) is 0 Å². The van der Waals surface area contributed by atoms with Crippen molar-refractivity contribution in [2.24, 2.45) is 0 Å². The highest BCUT2D eigenvalue weighted by Gasteiger charge is 2.77. The van der Waals surface area contributed by atoms with Crippen LogP contribution in [-0.4, -0.2) is 11.0 Å². The van der Waals surface area contributed by atoms with Crippen LogP contribution in [0.25, 0.3) is 0 Å². The van der Waals surface area contributed by atoms with E-state index in [-0.39, 0.29) is 5.54 Å². The van der Waals surface area contributed by atoms with Gasteiger partial charge in [-0.25, -0.2) is 4.48 Å². The third-order valence-electron chi connectivity index (χ3n) is 3.94. The van der Waals surface area contributed by atoms with E-state index in [1.807, 2.05) is 0 Å². The van der Waals surface area contributed by atoms with Gasteiger partial charge in [0, 0.05) is 11.6 Å². The summed E-state index contributed by atoms with van der Waals surface area (Å²) in [4.78, 5) is 0. The fourth-order valence-corrected chi connectivity index (χ4v) is 3.06. The van der Waals surface area contributed by atoms with Crippen LogP contribution in [0.4, 0.5) is 0 Å². The zero-order chi connectivity index (χ0) is 9.93. The number of hydrogen-bond acceptors (Lipinski definition) is 0. The van der Waals surface area contributed by atoms with E-state index in [9.17, 15) is 0 Å². The van der Waals surface area contributed by atoms with Crippen molar-refractivity contribution in [2.75, 3.05) is 6.54 Å². The SMILES string of the molecule is C1=CC2=CC3(c4ccccc4)C[N+]23C=C1. The lowest BCUT2D eigenvalue weighted by Crippen LogP contribution is -2.36. The number of benzene rings is 1. The molecule has 0 N–H and O–H groups in total. The predicted octanol–water partition coefficient (Wildman–Crippen LogP) is 2.69. The molecule has 3 heterocycles. The molecule has 1 spiro atoms. The van der Waals surface area contributed by atoms with E-state index < -0.39 is 0 Å². The van der Waals surface area contributed by atoms with E-state index >= 15 is 0 Å². The van der Waals surface area contributed by atoms with Gasteiger partial charge in [-0.15, -0.1) is 0 Å². The van der Waals surface area contributed by atoms with Gasteiger partial charge in [0.2, 0.25) is 5.54 Å². The predicted molar refractivity (Wildman–Crippen MR) is 59.6 cm³/mol. The third kappa shape index (κ3) is 0.680. The summed E-state index contributed by atoms with van der Waals surface area (Å²) < 4.78 is 1.06. The maximum atomic E-state index is 2.42. The Kier molecular flexibility index (Phi) is 1.10. The second-order valence-electron chi connectivity index (χ2n) is 4.59. The van der Waals surface area contributed by atoms with Crippen LogP contribution in [0.2, 0.25) is 0 Å². The lowest BCUT2D eigenvalue weighted by molar-refractivity contribution is -0.749. The number of quaternary nitrogens is 1. The number of hydrogen-bond donors (Lipinski definition) is 0. The number of nitrogens with zero attached hydrogens (tertiary/aromatic N) is 1. The Bertz CT molecular complexity index is 524. The summed E-state index contributed by atoms with van der Waals surface area (Å²) in [6, 6.07) is 10.8. The average molecular weight is 194 g/mol. The van der Waals surface area contributed by atoms with Crippen LogP contribution < -0.4 is 0 Å². The fraction of sp³-hybridized carbons (Fsp3) is 0.143. The molecule has 3 aliphatic heterocycles. The molecule has 0 aromatic heterocycles. The molecular weight excluding hydrogens is 182 g/mol. The van der Waals surface area contributed by atoms with Gasteiger partial charge in [-0.1, -0.05) is 36.4 Å². The Morgan fingerprint density at radius 2 is 1.93 bits per heavy atom. The third-order valence-corrected chi connectivity index (χ3v) is 3.94. The monoisotopic (exact) mass is 194 g/mol. The van der Waals surface area contributed by atoms with Crippen molar-refractivity contribution in [3.63, 3.8) is 0 Å². The van der Waals surface area contributed by atoms with Gasteiger partial charge in [0.05, 0.1) is 0 Å². The summed E-state index contributed by atoms with van der Waals surface area (Å²) in [5.41, 5.74) is 3.20. The normalized spacial score (nSPS) is 38.8. The summed E-state index contributed by atoms with van der Waals surface area (Å²) in [6.07, 6.45) is 11.3. The molecule has 2 unspecified atom stereocenters. The summed E-state index contributed by atoms with van der Waals surface area (Å²) in [7, 11) is 0. The van der Waals surface area contributed by atoms with Crippen molar-refractivity contribution < 1.29 is 4.48 Å². The van der Waals surface area contributed by atoms with Crippen molar-refractivity contribution in [1.29, 1.82) is 0 Å². The van der Waals surface area contributed by atoms with Crippen LogP contribution in [0, 0.1) is 0 Å². The molecule has 1 heteroatoms. The second kappa shape index (κ2) is 2.15. The second-order valence-corrected chi connectivity index (χ2v) is 4.59. The van der Waals surface area contributed by atoms with Crippen molar-refractivity contribution in [3.8, 4) is 0 Å². The number of rotatable bonds is 1. The highest BCUT2D eigenvalue weighted by Crippen LogP contribution is 2.65. The molecule has 1 aromatic carbocycles. The van der Waals surface area contributed by atoms with Gasteiger partial charge in [-0.2, -0.15) is 0 Å². The van der Waals surface area contributed by atoms with E-state index in [2.05, 4.69) is 60.8 Å². The van der Waals surface area contributed by atoms with Gasteiger partial charge >= 0.3 is 0 Å². The van der Waals surface area contributed by atoms with Crippen LogP contribution in [0.5, 0.6) is 0 Å². The Morgan fingerprint density at radius 1 is 1.07 bits per heavy atom. The molecule has 1 saturated heterocycles. The van der Waals surface area contributed by atoms with E-state index in [1.165, 1.54) is 17.8 Å². The first kappa shape index (κ1) is 7.66. The Morgan fingerprint density at radius 3 is 2.73 bits per heavy atom. The molecule has 72 valence electrons. The van der Waals surface area contributed by atoms with Crippen molar-refractivity contribution in [2.45, 2.75) is 5.54 Å². The lowest BCUT2D eigenvalue weighted by atomic mass is 9.91. The van der Waals surface area contributed by atoms with Gasteiger partial charge < -0.3 is 0 Å². The molecule has 0 aliphatic carbocycles. The molecule has 0 radical (unpaired) electrons. The summed E-state index contributed by atoms with van der Waals surface area (Å²) >= 11 is 0. The van der Waals surface area contributed by atoms with Gasteiger partial charge in [0.1, 0.15) is 11.9 Å². The van der Waals surface area contributed by atoms with Crippen molar-refractivity contribution in [3.05, 3.63) is 72.1 Å². The molecule has 1 fully saturated rings. The minimum Gasteiger partial charge on any atom is -0.242 e. The summed E-state index contributed by atoms with van der Waals surface area (Å²) in [6.45, 7) is 1.22. The minimum atomic E-state index is 0.290. The fourth-order valence-electron chi connectivity index (χ4n) is 3.06. The summed E-state index contributed by atoms with van der Waals surface area (Å²) in [5.74, 6) is 0. The topological polar surface area (TPSA) is 0 Å². The lowest BCUT2D eigenvalue weighted by Gasteiger charge is -2.31. The zero-order valence-electron chi connectivity index (χ0n) is 8.43. The maximum absolute atomic E-state index is 2.42. The number of allylic oxidation sites excluding steroid dienone is 3. The van der Waals surface area contributed by atoms with Crippen LogP contribution in [-0.2, 0) is 5.54 Å². The Hall–Kier alpha value is -1.60. The first-order valence-electron chi connectivity index (χ1n) is 5.40. The van der Waals surface area contributed by atoms with Gasteiger partial charge in [0.15, 0.2) is 6.54 Å². The first-order valence-corrected chi connectivity index (χ1v) is 5.40. The molecular formula is C14H12N+. The molecule has 1 aromatic rings.